The summed E-state index contributed by atoms with van der Waals surface area (Å²) in [6.45, 7) is 5.81. The fourth-order valence-electron chi connectivity index (χ4n) is 2.97. The minimum atomic E-state index is -0.133. The second kappa shape index (κ2) is 6.93. The lowest BCUT2D eigenvalue weighted by Gasteiger charge is -2.13. The van der Waals surface area contributed by atoms with Gasteiger partial charge in [-0.15, -0.1) is 0 Å². The van der Waals surface area contributed by atoms with Crippen LogP contribution in [0.3, 0.4) is 0 Å². The molecule has 1 aliphatic rings. The number of allylic oxidation sites excluding steroid dienone is 2. The van der Waals surface area contributed by atoms with Crippen molar-refractivity contribution in [1.29, 1.82) is 0 Å². The summed E-state index contributed by atoms with van der Waals surface area (Å²) < 4.78 is 0. The van der Waals surface area contributed by atoms with E-state index < -0.39 is 0 Å². The molecule has 2 N–H and O–H groups in total. The largest absolute Gasteiger partial charge is 0.358 e. The van der Waals surface area contributed by atoms with Gasteiger partial charge in [0.05, 0.1) is 0 Å². The molecule has 128 valence electrons. The van der Waals surface area contributed by atoms with Crippen molar-refractivity contribution in [1.82, 2.24) is 0 Å². The normalized spacial score (nSPS) is 14.0. The van der Waals surface area contributed by atoms with Crippen molar-refractivity contribution in [3.63, 3.8) is 0 Å². The van der Waals surface area contributed by atoms with E-state index in [0.29, 0.717) is 12.0 Å². The monoisotopic (exact) mass is 334 g/mol. The predicted octanol–water partition coefficient (Wildman–Crippen LogP) is 4.60. The van der Waals surface area contributed by atoms with E-state index in [1.807, 2.05) is 57.2 Å². The molecule has 25 heavy (non-hydrogen) atoms. The highest BCUT2D eigenvalue weighted by atomic mass is 16.1. The molecule has 0 spiro atoms. The molecule has 4 nitrogen and oxygen atoms in total. The number of hydrogen-bond acceptors (Lipinski definition) is 3. The van der Waals surface area contributed by atoms with Crippen molar-refractivity contribution in [3.05, 3.63) is 70.4 Å². The maximum atomic E-state index is 12.4. The topological polar surface area (TPSA) is 58.2 Å². The Hall–Kier alpha value is -2.88. The van der Waals surface area contributed by atoms with Crippen LogP contribution in [0.1, 0.15) is 41.3 Å². The molecule has 0 fully saturated rings. The second-order valence-electron chi connectivity index (χ2n) is 6.51. The Balaban J connectivity index is 1.75. The number of anilines is 2. The fourth-order valence-corrected chi connectivity index (χ4v) is 2.97. The van der Waals surface area contributed by atoms with Crippen molar-refractivity contribution < 1.29 is 9.59 Å². The van der Waals surface area contributed by atoms with Crippen LogP contribution >= 0.6 is 0 Å². The number of nitrogens with one attached hydrogen (secondary N) is 2. The van der Waals surface area contributed by atoms with E-state index in [0.717, 1.165) is 40.2 Å². The van der Waals surface area contributed by atoms with Crippen LogP contribution in [0.2, 0.25) is 0 Å². The fraction of sp³-hybridized carbons (Fsp3) is 0.238. The molecule has 1 aliphatic carbocycles. The molecule has 4 heteroatoms. The van der Waals surface area contributed by atoms with Crippen molar-refractivity contribution in [2.75, 3.05) is 10.6 Å². The molecule has 0 atom stereocenters. The van der Waals surface area contributed by atoms with Gasteiger partial charge in [-0.3, -0.25) is 9.59 Å². The minimum absolute atomic E-state index is 0.133. The Morgan fingerprint density at radius 3 is 2.44 bits per heavy atom. The Labute approximate surface area is 148 Å². The maximum Gasteiger partial charge on any atom is 0.255 e. The summed E-state index contributed by atoms with van der Waals surface area (Å²) in [7, 11) is 0. The highest BCUT2D eigenvalue weighted by molar-refractivity contribution is 6.04. The molecular weight excluding hydrogens is 312 g/mol. The summed E-state index contributed by atoms with van der Waals surface area (Å²) in [5, 5.41) is 6.26. The van der Waals surface area contributed by atoms with Crippen LogP contribution in [0.5, 0.6) is 0 Å². The number of Topliss-reactive ketones (excluding diaryl/α,β-unsaturated/α-hetero) is 1. The maximum absolute atomic E-state index is 12.4. The van der Waals surface area contributed by atoms with Crippen molar-refractivity contribution in [2.24, 2.45) is 0 Å². The third-order valence-electron chi connectivity index (χ3n) is 4.52. The molecule has 0 saturated heterocycles. The van der Waals surface area contributed by atoms with Gasteiger partial charge in [0.15, 0.2) is 5.78 Å². The van der Waals surface area contributed by atoms with Crippen LogP contribution in [0.15, 0.2) is 53.7 Å². The van der Waals surface area contributed by atoms with Crippen molar-refractivity contribution in [2.45, 2.75) is 33.6 Å². The van der Waals surface area contributed by atoms with E-state index in [1.165, 1.54) is 0 Å². The molecule has 0 heterocycles. The number of ketones is 1. The highest BCUT2D eigenvalue weighted by Gasteiger charge is 2.19. The van der Waals surface area contributed by atoms with Gasteiger partial charge in [0.2, 0.25) is 0 Å². The smallest absolute Gasteiger partial charge is 0.255 e. The summed E-state index contributed by atoms with van der Waals surface area (Å²) in [5.74, 6) is 0.0704. The molecule has 0 aromatic heterocycles. The van der Waals surface area contributed by atoms with Gasteiger partial charge in [-0.25, -0.2) is 0 Å². The molecular formula is C21H22N2O2. The molecule has 3 rings (SSSR count). The SMILES string of the molecule is CC1=C(Nc2ccc(C(=O)Nc3cccc(C)c3)cc2C)CCC1=O. The Morgan fingerprint density at radius 2 is 1.80 bits per heavy atom. The van der Waals surface area contributed by atoms with Gasteiger partial charge < -0.3 is 10.6 Å². The predicted molar refractivity (Wildman–Crippen MR) is 101 cm³/mol. The van der Waals surface area contributed by atoms with E-state index in [-0.39, 0.29) is 11.7 Å². The summed E-state index contributed by atoms with van der Waals surface area (Å²) in [5.41, 5.74) is 6.18. The van der Waals surface area contributed by atoms with E-state index >= 15 is 0 Å². The molecule has 0 aliphatic heterocycles. The third-order valence-corrected chi connectivity index (χ3v) is 4.52. The highest BCUT2D eigenvalue weighted by Crippen LogP contribution is 2.26. The van der Waals surface area contributed by atoms with E-state index in [9.17, 15) is 9.59 Å². The standard InChI is InChI=1S/C21H22N2O2/c1-13-5-4-6-17(11-13)22-21(25)16-7-8-18(14(2)12-16)23-19-9-10-20(24)15(19)3/h4-8,11-12,23H,9-10H2,1-3H3,(H,22,25). The van der Waals surface area contributed by atoms with Crippen molar-refractivity contribution >= 4 is 23.1 Å². The number of aryl methyl sites for hydroxylation is 2. The van der Waals surface area contributed by atoms with Gasteiger partial charge in [-0.1, -0.05) is 12.1 Å². The van der Waals surface area contributed by atoms with Crippen LogP contribution in [0, 0.1) is 13.8 Å². The minimum Gasteiger partial charge on any atom is -0.358 e. The molecule has 1 amide bonds. The quantitative estimate of drug-likeness (QED) is 0.859. The molecule has 2 aromatic rings. The van der Waals surface area contributed by atoms with Gasteiger partial charge in [0.25, 0.3) is 5.91 Å². The summed E-state index contributed by atoms with van der Waals surface area (Å²) >= 11 is 0. The van der Waals surface area contributed by atoms with Gasteiger partial charge in [0.1, 0.15) is 0 Å². The van der Waals surface area contributed by atoms with Crippen LogP contribution in [0.4, 0.5) is 11.4 Å². The third kappa shape index (κ3) is 3.79. The zero-order chi connectivity index (χ0) is 18.0. The van der Waals surface area contributed by atoms with E-state index in [4.69, 9.17) is 0 Å². The Bertz CT molecular complexity index is 881. The zero-order valence-electron chi connectivity index (χ0n) is 14.8. The van der Waals surface area contributed by atoms with Crippen molar-refractivity contribution in [3.8, 4) is 0 Å². The zero-order valence-corrected chi connectivity index (χ0v) is 14.8. The van der Waals surface area contributed by atoms with Crippen LogP contribution in [-0.2, 0) is 4.79 Å². The number of amides is 1. The molecule has 2 aromatic carbocycles. The average molecular weight is 334 g/mol. The summed E-state index contributed by atoms with van der Waals surface area (Å²) in [6, 6.07) is 13.3. The Morgan fingerprint density at radius 1 is 1.00 bits per heavy atom. The number of carbonyl (C=O) groups is 2. The first-order chi connectivity index (χ1) is 11.9. The lowest BCUT2D eigenvalue weighted by molar-refractivity contribution is -0.114. The number of benzene rings is 2. The number of hydrogen-bond donors (Lipinski definition) is 2. The first-order valence-corrected chi connectivity index (χ1v) is 8.42. The average Bonchev–Trinajstić information content (AvgIpc) is 2.88. The first-order valence-electron chi connectivity index (χ1n) is 8.42. The molecule has 0 unspecified atom stereocenters. The van der Waals surface area contributed by atoms with E-state index in [2.05, 4.69) is 10.6 Å². The van der Waals surface area contributed by atoms with Crippen LogP contribution < -0.4 is 10.6 Å². The first kappa shape index (κ1) is 17.0. The van der Waals surface area contributed by atoms with Crippen LogP contribution in [-0.4, -0.2) is 11.7 Å². The van der Waals surface area contributed by atoms with Gasteiger partial charge in [-0.2, -0.15) is 0 Å². The molecule has 0 radical (unpaired) electrons. The summed E-state index contributed by atoms with van der Waals surface area (Å²) in [4.78, 5) is 24.1. The van der Waals surface area contributed by atoms with Gasteiger partial charge >= 0.3 is 0 Å². The lowest BCUT2D eigenvalue weighted by atomic mass is 10.1. The Kier molecular flexibility index (Phi) is 4.70. The van der Waals surface area contributed by atoms with Gasteiger partial charge in [0, 0.05) is 34.6 Å². The number of rotatable bonds is 4. The van der Waals surface area contributed by atoms with Gasteiger partial charge in [-0.05, 0) is 68.7 Å². The van der Waals surface area contributed by atoms with Crippen LogP contribution in [0.25, 0.3) is 0 Å². The molecule has 0 saturated carbocycles. The van der Waals surface area contributed by atoms with E-state index in [1.54, 1.807) is 6.07 Å². The summed E-state index contributed by atoms with van der Waals surface area (Å²) in [6.07, 6.45) is 1.32. The second-order valence-corrected chi connectivity index (χ2v) is 6.51. The lowest BCUT2D eigenvalue weighted by Crippen LogP contribution is -2.12. The number of carbonyl (C=O) groups excluding carboxylic acids is 2. The molecule has 0 bridgehead atoms.